The van der Waals surface area contributed by atoms with E-state index in [-0.39, 0.29) is 57.4 Å². The van der Waals surface area contributed by atoms with Crippen LogP contribution in [0, 0.1) is 0 Å². The van der Waals surface area contributed by atoms with Crippen molar-refractivity contribution in [2.24, 2.45) is 0 Å². The number of amides is 2. The molecule has 0 bridgehead atoms. The number of hydrogen-bond donors (Lipinski definition) is 3. The van der Waals surface area contributed by atoms with Gasteiger partial charge in [-0.15, -0.1) is 0 Å². The van der Waals surface area contributed by atoms with Crippen LogP contribution in [0.3, 0.4) is 0 Å². The van der Waals surface area contributed by atoms with Crippen LogP contribution in [-0.4, -0.2) is 96.9 Å². The third-order valence-electron chi connectivity index (χ3n) is 5.65. The zero-order valence-electron chi connectivity index (χ0n) is 16.1. The molecule has 4 rings (SSSR count). The van der Waals surface area contributed by atoms with E-state index >= 15 is 0 Å². The van der Waals surface area contributed by atoms with Crippen LogP contribution in [-0.2, 0) is 35.9 Å². The maximum absolute atomic E-state index is 12.4. The summed E-state index contributed by atoms with van der Waals surface area (Å²) in [6.45, 7) is 1.50. The molecule has 1 aromatic carbocycles. The molecule has 1 fully saturated rings. The number of hydrogen-bond acceptors (Lipinski definition) is 4. The van der Waals surface area contributed by atoms with Gasteiger partial charge in [0.15, 0.2) is 0 Å². The van der Waals surface area contributed by atoms with Gasteiger partial charge < -0.3 is 10.2 Å². The Morgan fingerprint density at radius 2 is 1.74 bits per heavy atom. The van der Waals surface area contributed by atoms with Crippen molar-refractivity contribution < 1.29 is 13.2 Å². The van der Waals surface area contributed by atoms with Gasteiger partial charge in [-0.2, -0.15) is 13.1 Å². The number of likely N-dealkylation sites (tertiary alicyclic amines) is 1. The van der Waals surface area contributed by atoms with Crippen LogP contribution in [0.15, 0.2) is 6.07 Å². The Hall–Kier alpha value is -0.00364. The predicted octanol–water partition coefficient (Wildman–Crippen LogP) is 0.943. The number of carbonyl (C=O) groups is 1. The van der Waals surface area contributed by atoms with Gasteiger partial charge >= 0.3 is 16.2 Å². The molecule has 0 unspecified atom stereocenters. The molecule has 143 valence electrons. The number of carbonyl (C=O) groups excluding carboxylic acids is 1. The maximum atomic E-state index is 12.4. The molecule has 1 aromatic rings. The van der Waals surface area contributed by atoms with Crippen LogP contribution in [0.1, 0.15) is 41.5 Å². The van der Waals surface area contributed by atoms with E-state index < -0.39 is 16.2 Å². The predicted molar refractivity (Wildman–Crippen MR) is 106 cm³/mol. The Kier molecular flexibility index (Phi) is 7.06. The number of nitrogens with zero attached hydrogens (tertiary/aromatic N) is 1. The largest absolute Gasteiger partial charge is 0.333 e. The molecule has 0 saturated carbocycles. The molecular formula is C18H26KN4O3S. The first-order valence-electron chi connectivity index (χ1n) is 9.37. The summed E-state index contributed by atoms with van der Waals surface area (Å²) in [4.78, 5) is 14.5. The zero-order valence-corrected chi connectivity index (χ0v) is 20.0. The SMILES string of the molecule is CN1CC[C@H](NS(=O)(=O)NC(=O)Nc2c3c(cc4c2CCC4)CCC3)C1.[K]. The van der Waals surface area contributed by atoms with Gasteiger partial charge in [0.2, 0.25) is 0 Å². The van der Waals surface area contributed by atoms with Crippen LogP contribution < -0.4 is 14.8 Å². The summed E-state index contributed by atoms with van der Waals surface area (Å²) < 4.78 is 29.2. The third-order valence-corrected chi connectivity index (χ3v) is 6.75. The number of likely N-dealkylation sites (N-methyl/N-ethyl adjacent to an activating group) is 1. The molecule has 2 amide bonds. The minimum absolute atomic E-state index is 0. The number of aryl methyl sites for hydroxylation is 2. The van der Waals surface area contributed by atoms with E-state index in [1.807, 2.05) is 7.05 Å². The molecule has 3 N–H and O–H groups in total. The standard InChI is InChI=1S/C18H26N4O3S.K/c1-22-9-8-14(11-22)20-26(24,25)21-18(23)19-17-15-6-2-4-12(15)10-13-5-3-7-16(13)17;/h10,14,20H,2-9,11H2,1H3,(H2,19,21,23);/t14-;/m0./s1. The van der Waals surface area contributed by atoms with E-state index in [2.05, 4.69) is 25.7 Å². The smallest absolute Gasteiger partial charge is 0.307 e. The molecular weight excluding hydrogens is 391 g/mol. The van der Waals surface area contributed by atoms with E-state index in [1.54, 1.807) is 0 Å². The second-order valence-electron chi connectivity index (χ2n) is 7.66. The van der Waals surface area contributed by atoms with Crippen LogP contribution in [0.25, 0.3) is 0 Å². The number of fused-ring (bicyclic) bond motifs is 2. The summed E-state index contributed by atoms with van der Waals surface area (Å²) >= 11 is 0. The van der Waals surface area contributed by atoms with Crippen LogP contribution in [0.5, 0.6) is 0 Å². The van der Waals surface area contributed by atoms with E-state index in [9.17, 15) is 13.2 Å². The Balaban J connectivity index is 0.00000210. The third kappa shape index (κ3) is 4.95. The van der Waals surface area contributed by atoms with Crippen LogP contribution in [0.4, 0.5) is 10.5 Å². The van der Waals surface area contributed by atoms with Crippen molar-refractivity contribution in [3.63, 3.8) is 0 Å². The van der Waals surface area contributed by atoms with Crippen molar-refractivity contribution in [3.05, 3.63) is 28.3 Å². The van der Waals surface area contributed by atoms with Gasteiger partial charge in [0.25, 0.3) is 0 Å². The van der Waals surface area contributed by atoms with Crippen molar-refractivity contribution in [3.8, 4) is 0 Å². The summed E-state index contributed by atoms with van der Waals surface area (Å²) in [5.41, 5.74) is 5.82. The second-order valence-corrected chi connectivity index (χ2v) is 9.11. The molecule has 1 atom stereocenters. The Morgan fingerprint density at radius 1 is 1.11 bits per heavy atom. The van der Waals surface area contributed by atoms with Crippen molar-refractivity contribution in [2.45, 2.75) is 51.0 Å². The number of urea groups is 1. The van der Waals surface area contributed by atoms with Crippen LogP contribution >= 0.6 is 0 Å². The van der Waals surface area contributed by atoms with Crippen molar-refractivity contribution >= 4 is 73.3 Å². The number of benzene rings is 1. The quantitative estimate of drug-likeness (QED) is 0.636. The average molecular weight is 418 g/mol. The zero-order chi connectivity index (χ0) is 18.3. The first-order valence-corrected chi connectivity index (χ1v) is 10.9. The van der Waals surface area contributed by atoms with E-state index in [0.717, 1.165) is 57.2 Å². The second kappa shape index (κ2) is 8.79. The summed E-state index contributed by atoms with van der Waals surface area (Å²) in [6, 6.07) is 1.44. The first-order chi connectivity index (χ1) is 12.4. The van der Waals surface area contributed by atoms with E-state index in [1.165, 1.54) is 22.3 Å². The Morgan fingerprint density at radius 3 is 2.30 bits per heavy atom. The minimum atomic E-state index is -3.87. The van der Waals surface area contributed by atoms with Gasteiger partial charge in [0.05, 0.1) is 0 Å². The van der Waals surface area contributed by atoms with Gasteiger partial charge in [-0.05, 0) is 80.8 Å². The maximum Gasteiger partial charge on any atom is 0.333 e. The molecule has 3 aliphatic rings. The van der Waals surface area contributed by atoms with Gasteiger partial charge in [-0.1, -0.05) is 6.07 Å². The molecule has 0 aromatic heterocycles. The number of nitrogens with one attached hydrogen (secondary N) is 3. The summed E-state index contributed by atoms with van der Waals surface area (Å²) in [6.07, 6.45) is 6.88. The number of anilines is 1. The molecule has 1 radical (unpaired) electrons. The summed E-state index contributed by atoms with van der Waals surface area (Å²) in [5.74, 6) is 0. The normalized spacial score (nSPS) is 21.4. The fourth-order valence-corrected chi connectivity index (χ4v) is 5.49. The molecule has 2 aliphatic carbocycles. The van der Waals surface area contributed by atoms with Crippen molar-refractivity contribution in [1.82, 2.24) is 14.3 Å². The monoisotopic (exact) mass is 417 g/mol. The Labute approximate surface area is 203 Å². The molecule has 1 saturated heterocycles. The number of rotatable bonds is 4. The molecule has 0 spiro atoms. The Bertz CT molecular complexity index is 811. The van der Waals surface area contributed by atoms with Gasteiger partial charge in [0.1, 0.15) is 0 Å². The molecule has 27 heavy (non-hydrogen) atoms. The molecule has 1 heterocycles. The summed E-state index contributed by atoms with van der Waals surface area (Å²) in [7, 11) is -1.93. The topological polar surface area (TPSA) is 90.5 Å². The summed E-state index contributed by atoms with van der Waals surface area (Å²) in [5, 5.41) is 2.85. The van der Waals surface area contributed by atoms with Crippen LogP contribution in [0.2, 0.25) is 0 Å². The molecule has 9 heteroatoms. The molecule has 1 aliphatic heterocycles. The van der Waals surface area contributed by atoms with Crippen molar-refractivity contribution in [2.75, 3.05) is 25.5 Å². The van der Waals surface area contributed by atoms with Crippen molar-refractivity contribution in [1.29, 1.82) is 0 Å². The van der Waals surface area contributed by atoms with E-state index in [4.69, 9.17) is 0 Å². The first kappa shape index (κ1) is 21.7. The molecule has 7 nitrogen and oxygen atoms in total. The van der Waals surface area contributed by atoms with Gasteiger partial charge in [-0.25, -0.2) is 9.52 Å². The fraction of sp³-hybridized carbons (Fsp3) is 0.611. The average Bonchev–Trinajstić information content (AvgIpc) is 3.26. The fourth-order valence-electron chi connectivity index (χ4n) is 4.51. The van der Waals surface area contributed by atoms with Gasteiger partial charge in [-0.3, -0.25) is 0 Å². The minimum Gasteiger partial charge on any atom is -0.307 e. The van der Waals surface area contributed by atoms with E-state index in [0.29, 0.717) is 6.54 Å². The van der Waals surface area contributed by atoms with Gasteiger partial charge in [0, 0.05) is 69.7 Å².